The first kappa shape index (κ1) is 24.9. The maximum absolute atomic E-state index is 14.5. The number of halogens is 2. The Labute approximate surface area is 217 Å². The van der Waals surface area contributed by atoms with Crippen LogP contribution in [0.25, 0.3) is 0 Å². The van der Waals surface area contributed by atoms with Crippen molar-refractivity contribution in [3.63, 3.8) is 0 Å². The van der Waals surface area contributed by atoms with Crippen LogP contribution in [0.1, 0.15) is 11.1 Å². The van der Waals surface area contributed by atoms with E-state index in [0.717, 1.165) is 11.7 Å². The van der Waals surface area contributed by atoms with E-state index in [4.69, 9.17) is 4.74 Å². The Morgan fingerprint density at radius 1 is 0.541 bits per heavy atom. The average Bonchev–Trinajstić information content (AvgIpc) is 2.96. The summed E-state index contributed by atoms with van der Waals surface area (Å²) in [4.78, 5) is 0. The van der Waals surface area contributed by atoms with Crippen LogP contribution in [0, 0.1) is 11.6 Å². The normalized spacial score (nSPS) is 11.7. The van der Waals surface area contributed by atoms with Crippen molar-refractivity contribution in [1.29, 1.82) is 0 Å². The molecule has 0 amide bonds. The molecule has 0 radical (unpaired) electrons. The molecule has 0 aliphatic rings. The van der Waals surface area contributed by atoms with Gasteiger partial charge in [-0.1, -0.05) is 0 Å². The molecule has 5 aromatic carbocycles. The van der Waals surface area contributed by atoms with Crippen molar-refractivity contribution in [3.05, 3.63) is 156 Å². The first-order chi connectivity index (χ1) is 18.2. The van der Waals surface area contributed by atoms with E-state index in [1.54, 1.807) is 0 Å². The summed E-state index contributed by atoms with van der Waals surface area (Å²) in [6.07, 6.45) is 1.32. The van der Waals surface area contributed by atoms with Gasteiger partial charge in [0.2, 0.25) is 0 Å². The third-order valence-corrected chi connectivity index (χ3v) is 11.9. The fraction of sp³-hybridized carbons (Fsp3) is 0.0909. The summed E-state index contributed by atoms with van der Waals surface area (Å²) in [5.74, 6) is -1.36. The van der Waals surface area contributed by atoms with E-state index >= 15 is 0 Å². The average molecular weight is 511 g/mol. The number of hydrogen-bond donors (Lipinski definition) is 0. The van der Waals surface area contributed by atoms with E-state index in [0.29, 0.717) is 17.7 Å². The predicted octanol–water partition coefficient (Wildman–Crippen LogP) is 6.81. The van der Waals surface area contributed by atoms with Gasteiger partial charge >= 0.3 is 218 Å². The van der Waals surface area contributed by atoms with Gasteiger partial charge in [0.15, 0.2) is 0 Å². The van der Waals surface area contributed by atoms with E-state index in [1.807, 2.05) is 48.5 Å². The van der Waals surface area contributed by atoms with Gasteiger partial charge in [0.25, 0.3) is 0 Å². The van der Waals surface area contributed by atoms with Gasteiger partial charge in [0.1, 0.15) is 0 Å². The fourth-order valence-corrected chi connectivity index (χ4v) is 9.85. The molecule has 5 aromatic rings. The van der Waals surface area contributed by atoms with Crippen LogP contribution in [-0.4, -0.2) is 6.16 Å². The van der Waals surface area contributed by atoms with Gasteiger partial charge in [-0.2, -0.15) is 0 Å². The van der Waals surface area contributed by atoms with Crippen molar-refractivity contribution in [2.45, 2.75) is 13.0 Å². The molecule has 0 heterocycles. The molecule has 186 valence electrons. The molecule has 0 aliphatic heterocycles. The molecule has 0 spiro atoms. The topological polar surface area (TPSA) is 9.23 Å². The number of benzene rings is 5. The Morgan fingerprint density at radius 3 is 1.46 bits per heavy atom. The minimum atomic E-state index is -2.52. The molecule has 0 fully saturated rings. The van der Waals surface area contributed by atoms with Gasteiger partial charge in [-0.3, -0.25) is 0 Å². The van der Waals surface area contributed by atoms with Gasteiger partial charge in [0, 0.05) is 0 Å². The summed E-state index contributed by atoms with van der Waals surface area (Å²) >= 11 is 0. The van der Waals surface area contributed by atoms with Crippen molar-refractivity contribution < 1.29 is 13.5 Å². The molecule has 1 nitrogen and oxygen atoms in total. The Kier molecular flexibility index (Phi) is 7.73. The fourth-order valence-electron chi connectivity index (χ4n) is 5.06. The van der Waals surface area contributed by atoms with Crippen LogP contribution in [0.3, 0.4) is 0 Å². The Morgan fingerprint density at radius 2 is 0.973 bits per heavy atom. The van der Waals surface area contributed by atoms with Crippen LogP contribution in [0.15, 0.2) is 133 Å². The van der Waals surface area contributed by atoms with E-state index in [1.165, 1.54) is 28.0 Å². The SMILES string of the molecule is Fc1cc(CC[PH](c2ccccc2)(c2ccccc2)c2ccccc2)c(OCc2ccccc2)cc1F. The van der Waals surface area contributed by atoms with Gasteiger partial charge in [-0.15, -0.1) is 0 Å². The van der Waals surface area contributed by atoms with Crippen LogP contribution in [0.5, 0.6) is 5.75 Å². The summed E-state index contributed by atoms with van der Waals surface area (Å²) in [7, 11) is -2.52. The summed E-state index contributed by atoms with van der Waals surface area (Å²) in [5, 5.41) is 3.84. The van der Waals surface area contributed by atoms with Crippen molar-refractivity contribution >= 4 is 23.2 Å². The van der Waals surface area contributed by atoms with Crippen molar-refractivity contribution in [1.82, 2.24) is 0 Å². The monoisotopic (exact) mass is 510 g/mol. The zero-order chi connectivity index (χ0) is 25.5. The summed E-state index contributed by atoms with van der Waals surface area (Å²) in [6, 6.07) is 44.0. The minimum absolute atomic E-state index is 0.289. The number of rotatable bonds is 9. The first-order valence-electron chi connectivity index (χ1n) is 12.5. The molecule has 0 aromatic heterocycles. The number of hydrogen-bond acceptors (Lipinski definition) is 1. The molecule has 0 bridgehead atoms. The van der Waals surface area contributed by atoms with Gasteiger partial charge < -0.3 is 0 Å². The third kappa shape index (κ3) is 5.48. The molecular weight excluding hydrogens is 481 g/mol. The molecule has 5 rings (SSSR count). The summed E-state index contributed by atoms with van der Waals surface area (Å²) in [6.45, 7) is 0.289. The van der Waals surface area contributed by atoms with Crippen molar-refractivity contribution in [2.75, 3.05) is 6.16 Å². The summed E-state index contributed by atoms with van der Waals surface area (Å²) in [5.41, 5.74) is 1.65. The second-order valence-corrected chi connectivity index (χ2v) is 13.2. The Bertz CT molecular complexity index is 1330. The predicted molar refractivity (Wildman–Crippen MR) is 152 cm³/mol. The molecule has 0 unspecified atom stereocenters. The van der Waals surface area contributed by atoms with Crippen LogP contribution in [0.4, 0.5) is 8.78 Å². The van der Waals surface area contributed by atoms with Gasteiger partial charge in [-0.25, -0.2) is 0 Å². The van der Waals surface area contributed by atoms with Gasteiger partial charge in [0.05, 0.1) is 0 Å². The van der Waals surface area contributed by atoms with Crippen molar-refractivity contribution in [3.8, 4) is 5.75 Å². The van der Waals surface area contributed by atoms with Crippen LogP contribution in [-0.2, 0) is 13.0 Å². The van der Waals surface area contributed by atoms with E-state index in [2.05, 4.69) is 72.8 Å². The van der Waals surface area contributed by atoms with Crippen molar-refractivity contribution in [2.24, 2.45) is 0 Å². The Hall–Kier alpha value is -3.81. The first-order valence-corrected chi connectivity index (χ1v) is 14.7. The molecule has 0 atom stereocenters. The molecular formula is C33H29F2OP. The maximum atomic E-state index is 14.5. The van der Waals surface area contributed by atoms with E-state index < -0.39 is 18.9 Å². The van der Waals surface area contributed by atoms with E-state index in [9.17, 15) is 8.78 Å². The van der Waals surface area contributed by atoms with Crippen LogP contribution in [0.2, 0.25) is 0 Å². The molecule has 0 aliphatic carbocycles. The second-order valence-electron chi connectivity index (χ2n) is 9.15. The van der Waals surface area contributed by atoms with Gasteiger partial charge in [-0.05, 0) is 0 Å². The quantitative estimate of drug-likeness (QED) is 0.198. The zero-order valence-corrected chi connectivity index (χ0v) is 21.5. The molecule has 37 heavy (non-hydrogen) atoms. The second kappa shape index (κ2) is 11.5. The molecule has 4 heteroatoms. The summed E-state index contributed by atoms with van der Waals surface area (Å²) < 4.78 is 34.8. The Balaban J connectivity index is 1.57. The van der Waals surface area contributed by atoms with E-state index in [-0.39, 0.29) is 6.61 Å². The number of ether oxygens (including phenoxy) is 1. The third-order valence-electron chi connectivity index (χ3n) is 6.91. The standard InChI is InChI=1S/C33H29F2OP/c34-31-23-27(33(24-32(31)35)36-25-26-13-5-1-6-14-26)21-22-37(28-15-7-2-8-16-28,29-17-9-3-10-18-29)30-19-11-4-12-20-30/h1-20,23-24,37H,21-22,25H2. The molecule has 0 N–H and O–H groups in total. The van der Waals surface area contributed by atoms with Crippen LogP contribution >= 0.6 is 7.26 Å². The molecule has 0 saturated carbocycles. The number of aryl methyl sites for hydroxylation is 1. The zero-order valence-electron chi connectivity index (χ0n) is 20.5. The molecule has 0 saturated heterocycles. The van der Waals surface area contributed by atoms with Crippen LogP contribution < -0.4 is 20.7 Å².